The van der Waals surface area contributed by atoms with Crippen LogP contribution in [0.2, 0.25) is 0 Å². The van der Waals surface area contributed by atoms with Crippen molar-refractivity contribution < 1.29 is 0 Å². The first-order valence-electron chi connectivity index (χ1n) is 5.61. The molecule has 0 atom stereocenters. The zero-order chi connectivity index (χ0) is 11.3. The molecule has 0 fully saturated rings. The summed E-state index contributed by atoms with van der Waals surface area (Å²) in [5.41, 5.74) is 1.34. The molecule has 0 saturated carbocycles. The molecule has 0 aromatic carbocycles. The number of aryl methyl sites for hydroxylation is 1. The Balaban J connectivity index is 2.31. The molecule has 1 heterocycles. The first-order valence-corrected chi connectivity index (χ1v) is 5.61. The lowest BCUT2D eigenvalue weighted by atomic mass is 9.97. The van der Waals surface area contributed by atoms with Crippen molar-refractivity contribution in [1.29, 1.82) is 0 Å². The van der Waals surface area contributed by atoms with Gasteiger partial charge in [-0.3, -0.25) is 4.68 Å². The van der Waals surface area contributed by atoms with E-state index < -0.39 is 0 Å². The van der Waals surface area contributed by atoms with Gasteiger partial charge in [0.05, 0.1) is 5.69 Å². The third-order valence-electron chi connectivity index (χ3n) is 2.00. The van der Waals surface area contributed by atoms with Gasteiger partial charge < -0.3 is 5.32 Å². The highest BCUT2D eigenvalue weighted by atomic mass is 15.4. The normalized spacial score (nSPS) is 12.0. The topological polar surface area (TPSA) is 42.7 Å². The van der Waals surface area contributed by atoms with Crippen molar-refractivity contribution in [3.05, 3.63) is 11.9 Å². The summed E-state index contributed by atoms with van der Waals surface area (Å²) in [5, 5.41) is 11.5. The Kier molecular flexibility index (Phi) is 4.27. The van der Waals surface area contributed by atoms with Crippen molar-refractivity contribution in [2.75, 3.05) is 6.54 Å². The maximum absolute atomic E-state index is 4.10. The van der Waals surface area contributed by atoms with E-state index in [0.29, 0.717) is 5.41 Å². The van der Waals surface area contributed by atoms with Gasteiger partial charge in [-0.05, 0) is 11.8 Å². The highest BCUT2D eigenvalue weighted by Crippen LogP contribution is 2.10. The number of hydrogen-bond acceptors (Lipinski definition) is 3. The monoisotopic (exact) mass is 210 g/mol. The van der Waals surface area contributed by atoms with Crippen molar-refractivity contribution in [2.24, 2.45) is 5.41 Å². The first-order chi connectivity index (χ1) is 7.01. The molecular formula is C11H22N4. The van der Waals surface area contributed by atoms with E-state index in [2.05, 4.69) is 43.3 Å². The third kappa shape index (κ3) is 4.93. The molecule has 1 aromatic rings. The van der Waals surface area contributed by atoms with Crippen molar-refractivity contribution in [3.63, 3.8) is 0 Å². The zero-order valence-corrected chi connectivity index (χ0v) is 10.2. The molecule has 0 bridgehead atoms. The van der Waals surface area contributed by atoms with Crippen molar-refractivity contribution in [1.82, 2.24) is 20.3 Å². The van der Waals surface area contributed by atoms with Gasteiger partial charge >= 0.3 is 0 Å². The second-order valence-electron chi connectivity index (χ2n) is 5.14. The fourth-order valence-corrected chi connectivity index (χ4v) is 1.32. The molecule has 1 rings (SSSR count). The number of nitrogens with one attached hydrogen (secondary N) is 1. The van der Waals surface area contributed by atoms with Gasteiger partial charge in [-0.2, -0.15) is 0 Å². The van der Waals surface area contributed by atoms with Crippen LogP contribution in [0.15, 0.2) is 6.20 Å². The van der Waals surface area contributed by atoms with E-state index in [-0.39, 0.29) is 0 Å². The first kappa shape index (κ1) is 12.2. The van der Waals surface area contributed by atoms with Crippen LogP contribution in [-0.4, -0.2) is 21.5 Å². The zero-order valence-electron chi connectivity index (χ0n) is 10.2. The Morgan fingerprint density at radius 3 is 2.73 bits per heavy atom. The Morgan fingerprint density at radius 2 is 2.13 bits per heavy atom. The molecule has 0 radical (unpaired) electrons. The Bertz CT molecular complexity index is 285. The fourth-order valence-electron chi connectivity index (χ4n) is 1.32. The van der Waals surface area contributed by atoms with E-state index in [1.165, 1.54) is 0 Å². The highest BCUT2D eigenvalue weighted by molar-refractivity contribution is 4.91. The van der Waals surface area contributed by atoms with E-state index >= 15 is 0 Å². The van der Waals surface area contributed by atoms with Crippen LogP contribution in [0.5, 0.6) is 0 Å². The molecule has 0 aliphatic carbocycles. The van der Waals surface area contributed by atoms with E-state index in [0.717, 1.165) is 31.7 Å². The van der Waals surface area contributed by atoms with Gasteiger partial charge in [-0.15, -0.1) is 5.10 Å². The van der Waals surface area contributed by atoms with Crippen LogP contribution in [0.4, 0.5) is 0 Å². The molecule has 0 aliphatic rings. The van der Waals surface area contributed by atoms with Gasteiger partial charge in [0, 0.05) is 25.8 Å². The molecule has 1 aromatic heterocycles. The van der Waals surface area contributed by atoms with Crippen LogP contribution >= 0.6 is 0 Å². The minimum absolute atomic E-state index is 0.319. The largest absolute Gasteiger partial charge is 0.311 e. The van der Waals surface area contributed by atoms with Gasteiger partial charge in [0.15, 0.2) is 0 Å². The van der Waals surface area contributed by atoms with E-state index in [1.54, 1.807) is 0 Å². The number of rotatable bonds is 5. The fraction of sp³-hybridized carbons (Fsp3) is 0.818. The molecule has 0 unspecified atom stereocenters. The minimum atomic E-state index is 0.319. The predicted molar refractivity (Wildman–Crippen MR) is 61.5 cm³/mol. The molecule has 86 valence electrons. The third-order valence-corrected chi connectivity index (χ3v) is 2.00. The molecule has 0 saturated heterocycles. The Hall–Kier alpha value is -0.900. The van der Waals surface area contributed by atoms with Crippen LogP contribution in [0.25, 0.3) is 0 Å². The number of nitrogens with zero attached hydrogens (tertiary/aromatic N) is 3. The number of aromatic nitrogens is 3. The molecule has 0 aliphatic heterocycles. The summed E-state index contributed by atoms with van der Waals surface area (Å²) in [7, 11) is 0. The minimum Gasteiger partial charge on any atom is -0.311 e. The summed E-state index contributed by atoms with van der Waals surface area (Å²) < 4.78 is 1.90. The summed E-state index contributed by atoms with van der Waals surface area (Å²) in [5.74, 6) is 0. The lowest BCUT2D eigenvalue weighted by Gasteiger charge is -2.17. The SMILES string of the molecule is CCCn1cc(CNCC(C)(C)C)nn1. The summed E-state index contributed by atoms with van der Waals surface area (Å²) in [6, 6.07) is 0. The highest BCUT2D eigenvalue weighted by Gasteiger charge is 2.09. The predicted octanol–water partition coefficient (Wildman–Crippen LogP) is 1.82. The van der Waals surface area contributed by atoms with E-state index in [4.69, 9.17) is 0 Å². The molecule has 0 spiro atoms. The van der Waals surface area contributed by atoms with Crippen LogP contribution in [0.3, 0.4) is 0 Å². The molecule has 4 heteroatoms. The van der Waals surface area contributed by atoms with Gasteiger partial charge in [-0.25, -0.2) is 0 Å². The number of hydrogen-bond donors (Lipinski definition) is 1. The maximum atomic E-state index is 4.10. The molecule has 0 amide bonds. The Morgan fingerprint density at radius 1 is 1.40 bits per heavy atom. The molecule has 15 heavy (non-hydrogen) atoms. The van der Waals surface area contributed by atoms with Gasteiger partial charge in [-0.1, -0.05) is 32.9 Å². The van der Waals surface area contributed by atoms with Crippen molar-refractivity contribution in [3.8, 4) is 0 Å². The smallest absolute Gasteiger partial charge is 0.0964 e. The maximum Gasteiger partial charge on any atom is 0.0964 e. The summed E-state index contributed by atoms with van der Waals surface area (Å²) in [6.07, 6.45) is 3.11. The van der Waals surface area contributed by atoms with E-state index in [9.17, 15) is 0 Å². The summed E-state index contributed by atoms with van der Waals surface area (Å²) in [6.45, 7) is 11.5. The van der Waals surface area contributed by atoms with Crippen LogP contribution in [0.1, 0.15) is 39.8 Å². The van der Waals surface area contributed by atoms with Gasteiger partial charge in [0.25, 0.3) is 0 Å². The van der Waals surface area contributed by atoms with Crippen molar-refractivity contribution in [2.45, 2.75) is 47.2 Å². The lowest BCUT2D eigenvalue weighted by molar-refractivity contribution is 0.378. The van der Waals surface area contributed by atoms with Crippen LogP contribution in [-0.2, 0) is 13.1 Å². The molecule has 4 nitrogen and oxygen atoms in total. The second-order valence-corrected chi connectivity index (χ2v) is 5.14. The molecular weight excluding hydrogens is 188 g/mol. The average Bonchev–Trinajstić information content (AvgIpc) is 2.51. The van der Waals surface area contributed by atoms with Crippen molar-refractivity contribution >= 4 is 0 Å². The average molecular weight is 210 g/mol. The van der Waals surface area contributed by atoms with Gasteiger partial charge in [0.1, 0.15) is 0 Å². The molecule has 1 N–H and O–H groups in total. The Labute approximate surface area is 92.1 Å². The quantitative estimate of drug-likeness (QED) is 0.806. The lowest BCUT2D eigenvalue weighted by Crippen LogP contribution is -2.26. The summed E-state index contributed by atoms with van der Waals surface area (Å²) in [4.78, 5) is 0. The van der Waals surface area contributed by atoms with Crippen LogP contribution in [0, 0.1) is 5.41 Å². The second kappa shape index (κ2) is 5.26. The summed E-state index contributed by atoms with van der Waals surface area (Å²) >= 11 is 0. The van der Waals surface area contributed by atoms with E-state index in [1.807, 2.05) is 10.9 Å². The van der Waals surface area contributed by atoms with Crippen LogP contribution < -0.4 is 5.32 Å². The standard InChI is InChI=1S/C11H22N4/c1-5-6-15-8-10(13-14-15)7-12-9-11(2,3)4/h8,12H,5-7,9H2,1-4H3. The van der Waals surface area contributed by atoms with Gasteiger partial charge in [0.2, 0.25) is 0 Å².